The highest BCUT2D eigenvalue weighted by molar-refractivity contribution is 5.19. The van der Waals surface area contributed by atoms with E-state index in [-0.39, 0.29) is 6.04 Å². The lowest BCUT2D eigenvalue weighted by Gasteiger charge is -2.31. The molecule has 0 radical (unpaired) electrons. The highest BCUT2D eigenvalue weighted by atomic mass is 19.4. The molecule has 0 spiro atoms. The number of rotatable bonds is 3. The first-order valence-electron chi connectivity index (χ1n) is 7.20. The van der Waals surface area contributed by atoms with Crippen LogP contribution in [-0.4, -0.2) is 4.98 Å². The number of alkyl halides is 3. The topological polar surface area (TPSA) is 38.9 Å². The zero-order chi connectivity index (χ0) is 14.8. The van der Waals surface area contributed by atoms with Crippen LogP contribution in [0, 0.1) is 11.8 Å². The molecule has 1 atom stereocenters. The molecule has 1 aromatic rings. The summed E-state index contributed by atoms with van der Waals surface area (Å²) in [6, 6.07) is 2.23. The van der Waals surface area contributed by atoms with Crippen LogP contribution in [0.5, 0.6) is 0 Å². The summed E-state index contributed by atoms with van der Waals surface area (Å²) in [6.07, 6.45) is 2.15. The van der Waals surface area contributed by atoms with E-state index >= 15 is 0 Å². The van der Waals surface area contributed by atoms with Crippen LogP contribution in [-0.2, 0) is 6.18 Å². The molecular weight excluding hydrogens is 265 g/mol. The van der Waals surface area contributed by atoms with Crippen LogP contribution in [0.4, 0.5) is 13.2 Å². The third-order valence-electron chi connectivity index (χ3n) is 4.43. The van der Waals surface area contributed by atoms with Gasteiger partial charge in [0.25, 0.3) is 0 Å². The Bertz CT molecular complexity index is 420. The van der Waals surface area contributed by atoms with E-state index in [4.69, 9.17) is 5.73 Å². The maximum atomic E-state index is 12.5. The Morgan fingerprint density at radius 3 is 2.35 bits per heavy atom. The van der Waals surface area contributed by atoms with Gasteiger partial charge in [0.1, 0.15) is 0 Å². The first-order valence-corrected chi connectivity index (χ1v) is 7.20. The van der Waals surface area contributed by atoms with Gasteiger partial charge in [-0.1, -0.05) is 26.2 Å². The van der Waals surface area contributed by atoms with Gasteiger partial charge in [-0.2, -0.15) is 13.2 Å². The number of aromatic nitrogens is 1. The summed E-state index contributed by atoms with van der Waals surface area (Å²) in [7, 11) is 0. The molecule has 112 valence electrons. The Hall–Kier alpha value is -1.10. The highest BCUT2D eigenvalue weighted by Crippen LogP contribution is 2.37. The number of pyridine rings is 1. The molecule has 2 N–H and O–H groups in total. The Morgan fingerprint density at radius 2 is 1.90 bits per heavy atom. The average Bonchev–Trinajstić information content (AvgIpc) is 2.46. The molecule has 0 saturated heterocycles. The minimum atomic E-state index is -4.34. The van der Waals surface area contributed by atoms with Crippen molar-refractivity contribution in [3.8, 4) is 0 Å². The quantitative estimate of drug-likeness (QED) is 0.899. The Morgan fingerprint density at radius 1 is 1.25 bits per heavy atom. The molecule has 5 heteroatoms. The van der Waals surface area contributed by atoms with Gasteiger partial charge in [0.15, 0.2) is 0 Å². The van der Waals surface area contributed by atoms with Crippen molar-refractivity contribution in [1.82, 2.24) is 4.98 Å². The van der Waals surface area contributed by atoms with Gasteiger partial charge in [-0.3, -0.25) is 4.98 Å². The van der Waals surface area contributed by atoms with Crippen LogP contribution < -0.4 is 5.73 Å². The minimum Gasteiger partial charge on any atom is -0.322 e. The zero-order valence-electron chi connectivity index (χ0n) is 11.7. The van der Waals surface area contributed by atoms with E-state index in [1.807, 2.05) is 0 Å². The molecule has 1 heterocycles. The lowest BCUT2D eigenvalue weighted by atomic mass is 9.77. The van der Waals surface area contributed by atoms with Gasteiger partial charge >= 0.3 is 6.18 Å². The summed E-state index contributed by atoms with van der Waals surface area (Å²) >= 11 is 0. The summed E-state index contributed by atoms with van der Waals surface area (Å²) in [5.74, 6) is 1.11. The number of halogens is 3. The van der Waals surface area contributed by atoms with Crippen molar-refractivity contribution in [2.75, 3.05) is 0 Å². The van der Waals surface area contributed by atoms with Gasteiger partial charge in [0.05, 0.1) is 11.3 Å². The van der Waals surface area contributed by atoms with Crippen LogP contribution in [0.3, 0.4) is 0 Å². The fourth-order valence-electron chi connectivity index (χ4n) is 2.97. The zero-order valence-corrected chi connectivity index (χ0v) is 11.7. The predicted octanol–water partition coefficient (Wildman–Crippen LogP) is 4.32. The molecular formula is C15H21F3N2. The van der Waals surface area contributed by atoms with Gasteiger partial charge in [-0.25, -0.2) is 0 Å². The third-order valence-corrected chi connectivity index (χ3v) is 4.43. The van der Waals surface area contributed by atoms with Gasteiger partial charge in [-0.05, 0) is 36.8 Å². The largest absolute Gasteiger partial charge is 0.417 e. The Kier molecular flexibility index (Phi) is 4.68. The standard InChI is InChI=1S/C15H21F3N2/c1-2-10-3-5-11(6-4-10)14(19)13-8-7-12(9-20-13)15(16,17)18/h7-11,14H,2-6,19H2,1H3. The van der Waals surface area contributed by atoms with Crippen molar-refractivity contribution in [2.24, 2.45) is 17.6 Å². The Labute approximate surface area is 117 Å². The van der Waals surface area contributed by atoms with Crippen LogP contribution in [0.15, 0.2) is 18.3 Å². The summed E-state index contributed by atoms with van der Waals surface area (Å²) in [5.41, 5.74) is 6.02. The second-order valence-corrected chi connectivity index (χ2v) is 5.68. The Balaban J connectivity index is 2.01. The molecule has 1 aliphatic carbocycles. The van der Waals surface area contributed by atoms with Crippen LogP contribution in [0.1, 0.15) is 56.3 Å². The summed E-state index contributed by atoms with van der Waals surface area (Å²) in [4.78, 5) is 3.91. The molecule has 1 aromatic heterocycles. The van der Waals surface area contributed by atoms with Crippen LogP contribution in [0.25, 0.3) is 0 Å². The lowest BCUT2D eigenvalue weighted by molar-refractivity contribution is -0.137. The lowest BCUT2D eigenvalue weighted by Crippen LogP contribution is -2.26. The monoisotopic (exact) mass is 286 g/mol. The maximum absolute atomic E-state index is 12.5. The van der Waals surface area contributed by atoms with Crippen molar-refractivity contribution >= 4 is 0 Å². The number of hydrogen-bond donors (Lipinski definition) is 1. The molecule has 1 saturated carbocycles. The predicted molar refractivity (Wildman–Crippen MR) is 71.9 cm³/mol. The third kappa shape index (κ3) is 3.51. The SMILES string of the molecule is CCC1CCC(C(N)c2ccc(C(F)(F)F)cn2)CC1. The molecule has 1 fully saturated rings. The van der Waals surface area contributed by atoms with E-state index < -0.39 is 11.7 Å². The van der Waals surface area contributed by atoms with Crippen molar-refractivity contribution in [3.63, 3.8) is 0 Å². The first-order chi connectivity index (χ1) is 9.41. The molecule has 0 aromatic carbocycles. The molecule has 0 amide bonds. The molecule has 0 bridgehead atoms. The molecule has 2 rings (SSSR count). The van der Waals surface area contributed by atoms with E-state index in [0.717, 1.165) is 43.9 Å². The minimum absolute atomic E-state index is 0.255. The van der Waals surface area contributed by atoms with Gasteiger partial charge in [0.2, 0.25) is 0 Å². The molecule has 0 aliphatic heterocycles. The smallest absolute Gasteiger partial charge is 0.322 e. The summed E-state index contributed by atoms with van der Waals surface area (Å²) in [5, 5.41) is 0. The fraction of sp³-hybridized carbons (Fsp3) is 0.667. The molecule has 2 nitrogen and oxygen atoms in total. The molecule has 1 aliphatic rings. The first kappa shape index (κ1) is 15.3. The molecule has 1 unspecified atom stereocenters. The van der Waals surface area contributed by atoms with Crippen molar-refractivity contribution in [3.05, 3.63) is 29.6 Å². The van der Waals surface area contributed by atoms with E-state index in [0.29, 0.717) is 11.6 Å². The van der Waals surface area contributed by atoms with E-state index in [9.17, 15) is 13.2 Å². The second kappa shape index (κ2) is 6.12. The average molecular weight is 286 g/mol. The number of hydrogen-bond acceptors (Lipinski definition) is 2. The second-order valence-electron chi connectivity index (χ2n) is 5.68. The van der Waals surface area contributed by atoms with E-state index in [1.165, 1.54) is 12.5 Å². The van der Waals surface area contributed by atoms with Crippen molar-refractivity contribution in [1.29, 1.82) is 0 Å². The summed E-state index contributed by atoms with van der Waals surface area (Å²) < 4.78 is 37.5. The number of nitrogens with zero attached hydrogens (tertiary/aromatic N) is 1. The maximum Gasteiger partial charge on any atom is 0.417 e. The van der Waals surface area contributed by atoms with E-state index in [2.05, 4.69) is 11.9 Å². The highest BCUT2D eigenvalue weighted by Gasteiger charge is 2.31. The van der Waals surface area contributed by atoms with Crippen LogP contribution in [0.2, 0.25) is 0 Å². The normalized spacial score (nSPS) is 25.4. The molecule has 20 heavy (non-hydrogen) atoms. The van der Waals surface area contributed by atoms with Gasteiger partial charge < -0.3 is 5.73 Å². The van der Waals surface area contributed by atoms with Crippen LogP contribution >= 0.6 is 0 Å². The van der Waals surface area contributed by atoms with Gasteiger partial charge in [0, 0.05) is 12.2 Å². The number of nitrogens with two attached hydrogens (primary N) is 1. The summed E-state index contributed by atoms with van der Waals surface area (Å²) in [6.45, 7) is 2.20. The van der Waals surface area contributed by atoms with Crippen molar-refractivity contribution in [2.45, 2.75) is 51.2 Å². The fourth-order valence-corrected chi connectivity index (χ4v) is 2.97. The van der Waals surface area contributed by atoms with Gasteiger partial charge in [-0.15, -0.1) is 0 Å². The van der Waals surface area contributed by atoms with E-state index in [1.54, 1.807) is 0 Å². The van der Waals surface area contributed by atoms with Crippen molar-refractivity contribution < 1.29 is 13.2 Å².